The molecule has 2 unspecified atom stereocenters. The number of pyridine rings is 1. The molecule has 0 saturated heterocycles. The number of nitrogens with one attached hydrogen (secondary N) is 1. The molecule has 146 valence electrons. The lowest BCUT2D eigenvalue weighted by atomic mass is 9.94. The quantitative estimate of drug-likeness (QED) is 0.580. The summed E-state index contributed by atoms with van der Waals surface area (Å²) in [5.74, 6) is 1.18. The molecule has 3 aromatic rings. The summed E-state index contributed by atoms with van der Waals surface area (Å²) in [6.07, 6.45) is 6.86. The second-order valence-electron chi connectivity index (χ2n) is 6.68. The summed E-state index contributed by atoms with van der Waals surface area (Å²) in [4.78, 5) is 17.3. The van der Waals surface area contributed by atoms with Gasteiger partial charge in [0.05, 0.1) is 18.0 Å². The Hall–Kier alpha value is -2.62. The number of aryl methyl sites for hydroxylation is 2. The van der Waals surface area contributed by atoms with E-state index in [9.17, 15) is 5.11 Å². The lowest BCUT2D eigenvalue weighted by Crippen LogP contribution is -2.17. The maximum atomic E-state index is 9.72. The van der Waals surface area contributed by atoms with Crippen LogP contribution in [0.1, 0.15) is 47.6 Å². The van der Waals surface area contributed by atoms with Crippen molar-refractivity contribution < 1.29 is 14.9 Å². The Labute approximate surface area is 166 Å². The fourth-order valence-corrected chi connectivity index (χ4v) is 3.90. The molecular formula is C19H21N5O3S. The van der Waals surface area contributed by atoms with Crippen molar-refractivity contribution in [2.75, 3.05) is 11.9 Å². The van der Waals surface area contributed by atoms with Gasteiger partial charge in [-0.25, -0.2) is 19.9 Å². The maximum Gasteiger partial charge on any atom is 0.188 e. The number of hydrogen-bond donors (Lipinski definition) is 3. The van der Waals surface area contributed by atoms with Crippen molar-refractivity contribution in [3.8, 4) is 5.75 Å². The zero-order chi connectivity index (χ0) is 19.5. The monoisotopic (exact) mass is 399 g/mol. The van der Waals surface area contributed by atoms with Crippen molar-refractivity contribution in [2.45, 2.75) is 38.4 Å². The molecule has 3 N–H and O–H groups in total. The Kier molecular flexibility index (Phi) is 5.47. The van der Waals surface area contributed by atoms with Crippen LogP contribution >= 0.6 is 11.3 Å². The largest absolute Gasteiger partial charge is 0.482 e. The third-order valence-corrected chi connectivity index (χ3v) is 5.35. The molecule has 0 aliphatic heterocycles. The first-order valence-electron chi connectivity index (χ1n) is 9.07. The summed E-state index contributed by atoms with van der Waals surface area (Å²) < 4.78 is 6.32. The van der Waals surface area contributed by atoms with Crippen LogP contribution in [0.4, 0.5) is 10.9 Å². The summed E-state index contributed by atoms with van der Waals surface area (Å²) in [6, 6.07) is 1.94. The standard InChI is InChI=1S/C19H21N5O3S/c1-11-5-17(27-16-4-2-3-13-12(16)7-20-10-22-13)18(21-6-11)24-19-23-14(9-28-19)15(26)8-25/h5-7,9-10,15-16,25-26H,2-4,8H2,1H3,(H,21,23,24). The Morgan fingerprint density at radius 2 is 2.25 bits per heavy atom. The highest BCUT2D eigenvalue weighted by molar-refractivity contribution is 7.13. The van der Waals surface area contributed by atoms with Crippen LogP contribution in [-0.4, -0.2) is 36.8 Å². The average Bonchev–Trinajstić information content (AvgIpc) is 3.18. The van der Waals surface area contributed by atoms with Gasteiger partial charge in [0.25, 0.3) is 0 Å². The summed E-state index contributed by atoms with van der Waals surface area (Å²) in [5, 5.41) is 24.2. The predicted octanol–water partition coefficient (Wildman–Crippen LogP) is 2.86. The van der Waals surface area contributed by atoms with E-state index < -0.39 is 6.10 Å². The Balaban J connectivity index is 1.58. The SMILES string of the molecule is Cc1cnc(Nc2nc(C(O)CO)cs2)c(OC2CCCc3ncncc32)c1. The molecule has 0 bridgehead atoms. The molecule has 9 heteroatoms. The number of fused-ring (bicyclic) bond motifs is 1. The van der Waals surface area contributed by atoms with Crippen molar-refractivity contribution in [3.63, 3.8) is 0 Å². The average molecular weight is 399 g/mol. The molecule has 0 amide bonds. The topological polar surface area (TPSA) is 113 Å². The van der Waals surface area contributed by atoms with Gasteiger partial charge in [0, 0.05) is 23.3 Å². The van der Waals surface area contributed by atoms with Gasteiger partial charge < -0.3 is 20.3 Å². The highest BCUT2D eigenvalue weighted by Crippen LogP contribution is 2.36. The minimum atomic E-state index is -0.993. The minimum absolute atomic E-state index is 0.128. The molecule has 0 spiro atoms. The number of thiazole rings is 1. The van der Waals surface area contributed by atoms with Gasteiger partial charge in [-0.1, -0.05) is 0 Å². The molecule has 3 aromatic heterocycles. The van der Waals surface area contributed by atoms with Gasteiger partial charge in [-0.15, -0.1) is 11.3 Å². The van der Waals surface area contributed by atoms with Crippen LogP contribution in [0.25, 0.3) is 0 Å². The summed E-state index contributed by atoms with van der Waals surface area (Å²) in [7, 11) is 0. The molecule has 4 rings (SSSR count). The number of nitrogens with zero attached hydrogens (tertiary/aromatic N) is 4. The van der Waals surface area contributed by atoms with E-state index in [1.165, 1.54) is 11.3 Å². The third-order valence-electron chi connectivity index (χ3n) is 4.57. The lowest BCUT2D eigenvalue weighted by molar-refractivity contribution is 0.0928. The summed E-state index contributed by atoms with van der Waals surface area (Å²) in [6.45, 7) is 1.59. The van der Waals surface area contributed by atoms with E-state index in [0.717, 1.165) is 36.1 Å². The summed E-state index contributed by atoms with van der Waals surface area (Å²) >= 11 is 1.33. The van der Waals surface area contributed by atoms with E-state index in [2.05, 4.69) is 25.3 Å². The zero-order valence-electron chi connectivity index (χ0n) is 15.4. The van der Waals surface area contributed by atoms with Gasteiger partial charge in [-0.3, -0.25) is 0 Å². The highest BCUT2D eigenvalue weighted by atomic mass is 32.1. The van der Waals surface area contributed by atoms with Crippen LogP contribution in [0.5, 0.6) is 5.75 Å². The second-order valence-corrected chi connectivity index (χ2v) is 7.54. The van der Waals surface area contributed by atoms with Gasteiger partial charge in [0.2, 0.25) is 0 Å². The van der Waals surface area contributed by atoms with Crippen LogP contribution in [0.3, 0.4) is 0 Å². The third kappa shape index (κ3) is 3.96. The van der Waals surface area contributed by atoms with Crippen molar-refractivity contribution in [1.29, 1.82) is 0 Å². The fraction of sp³-hybridized carbons (Fsp3) is 0.368. The van der Waals surface area contributed by atoms with Crippen LogP contribution in [0.2, 0.25) is 0 Å². The molecule has 1 aliphatic carbocycles. The first kappa shape index (κ1) is 18.7. The minimum Gasteiger partial charge on any atom is -0.482 e. The van der Waals surface area contributed by atoms with Crippen LogP contribution in [-0.2, 0) is 6.42 Å². The van der Waals surface area contributed by atoms with Crippen LogP contribution in [0.15, 0.2) is 30.2 Å². The highest BCUT2D eigenvalue weighted by Gasteiger charge is 2.24. The van der Waals surface area contributed by atoms with Crippen molar-refractivity contribution in [2.24, 2.45) is 0 Å². The lowest BCUT2D eigenvalue weighted by Gasteiger charge is -2.25. The Bertz CT molecular complexity index is 964. The molecule has 3 heterocycles. The van der Waals surface area contributed by atoms with E-state index >= 15 is 0 Å². The van der Waals surface area contributed by atoms with Gasteiger partial charge in [0.1, 0.15) is 18.5 Å². The molecule has 1 aliphatic rings. The smallest absolute Gasteiger partial charge is 0.188 e. The second kappa shape index (κ2) is 8.17. The molecule has 28 heavy (non-hydrogen) atoms. The van der Waals surface area contributed by atoms with E-state index in [-0.39, 0.29) is 12.7 Å². The van der Waals surface area contributed by atoms with Crippen LogP contribution in [0, 0.1) is 6.92 Å². The van der Waals surface area contributed by atoms with Crippen LogP contribution < -0.4 is 10.1 Å². The van der Waals surface area contributed by atoms with E-state index in [1.807, 2.05) is 19.2 Å². The molecule has 0 aromatic carbocycles. The molecule has 0 radical (unpaired) electrons. The summed E-state index contributed by atoms with van der Waals surface area (Å²) in [5.41, 5.74) is 3.45. The number of aliphatic hydroxyl groups excluding tert-OH is 2. The predicted molar refractivity (Wildman–Crippen MR) is 105 cm³/mol. The fourth-order valence-electron chi connectivity index (χ4n) is 3.15. The first-order chi connectivity index (χ1) is 13.6. The zero-order valence-corrected chi connectivity index (χ0v) is 16.2. The molecule has 0 fully saturated rings. The molecular weight excluding hydrogens is 378 g/mol. The molecule has 0 saturated carbocycles. The van der Waals surface area contributed by atoms with Gasteiger partial charge in [-0.2, -0.15) is 0 Å². The molecule has 2 atom stereocenters. The Morgan fingerprint density at radius 3 is 3.11 bits per heavy atom. The maximum absolute atomic E-state index is 9.72. The van der Waals surface area contributed by atoms with Gasteiger partial charge in [0.15, 0.2) is 16.7 Å². The Morgan fingerprint density at radius 1 is 1.36 bits per heavy atom. The first-order valence-corrected chi connectivity index (χ1v) is 9.95. The van der Waals surface area contributed by atoms with E-state index in [0.29, 0.717) is 22.4 Å². The number of aromatic nitrogens is 4. The number of hydrogen-bond acceptors (Lipinski definition) is 9. The number of aliphatic hydroxyl groups is 2. The molecule has 8 nitrogen and oxygen atoms in total. The van der Waals surface area contributed by atoms with Crippen molar-refractivity contribution in [1.82, 2.24) is 19.9 Å². The van der Waals surface area contributed by atoms with Gasteiger partial charge in [-0.05, 0) is 37.8 Å². The van der Waals surface area contributed by atoms with E-state index in [4.69, 9.17) is 9.84 Å². The van der Waals surface area contributed by atoms with Gasteiger partial charge >= 0.3 is 0 Å². The van der Waals surface area contributed by atoms with Crippen molar-refractivity contribution in [3.05, 3.63) is 52.7 Å². The number of anilines is 2. The number of rotatable bonds is 6. The van der Waals surface area contributed by atoms with Crippen molar-refractivity contribution >= 4 is 22.3 Å². The number of ether oxygens (including phenoxy) is 1. The normalized spacial score (nSPS) is 17.0. The van der Waals surface area contributed by atoms with E-state index in [1.54, 1.807) is 17.9 Å².